The second-order valence-electron chi connectivity index (χ2n) is 5.17. The maximum atomic E-state index is 14.1. The van der Waals surface area contributed by atoms with Crippen LogP contribution in [0.25, 0.3) is 0 Å². The van der Waals surface area contributed by atoms with Gasteiger partial charge in [-0.1, -0.05) is 13.8 Å². The number of benzene rings is 1. The van der Waals surface area contributed by atoms with Crippen molar-refractivity contribution in [1.82, 2.24) is 0 Å². The predicted octanol–water partition coefficient (Wildman–Crippen LogP) is 3.62. The molecule has 20 heavy (non-hydrogen) atoms. The zero-order valence-electron chi connectivity index (χ0n) is 12.1. The standard InChI is InChI=1S/C13H19FO4S2/c1-9(2)13(3,4)20(15,16)12-7-6-10(8-11(12)14)19-18-17-5/h6-9H,1-5H3. The van der Waals surface area contributed by atoms with Crippen molar-refractivity contribution in [2.45, 2.75) is 42.2 Å². The van der Waals surface area contributed by atoms with Gasteiger partial charge in [0, 0.05) is 4.90 Å². The molecule has 4 nitrogen and oxygen atoms in total. The Balaban J connectivity index is 3.21. The fourth-order valence-electron chi connectivity index (χ4n) is 1.42. The first-order valence-electron chi connectivity index (χ1n) is 6.06. The van der Waals surface area contributed by atoms with E-state index < -0.39 is 20.4 Å². The van der Waals surface area contributed by atoms with Crippen molar-refractivity contribution < 1.29 is 22.0 Å². The van der Waals surface area contributed by atoms with Crippen LogP contribution in [-0.2, 0) is 19.1 Å². The van der Waals surface area contributed by atoms with E-state index in [9.17, 15) is 12.8 Å². The summed E-state index contributed by atoms with van der Waals surface area (Å²) in [5.41, 5.74) is 0. The van der Waals surface area contributed by atoms with E-state index in [0.717, 1.165) is 18.1 Å². The van der Waals surface area contributed by atoms with Crippen LogP contribution < -0.4 is 0 Å². The molecule has 0 radical (unpaired) electrons. The minimum atomic E-state index is -3.76. The fraction of sp³-hybridized carbons (Fsp3) is 0.538. The summed E-state index contributed by atoms with van der Waals surface area (Å²) in [6, 6.07) is 3.86. The lowest BCUT2D eigenvalue weighted by Gasteiger charge is -2.29. The average molecular weight is 322 g/mol. The highest BCUT2D eigenvalue weighted by molar-refractivity contribution is 7.94. The minimum absolute atomic E-state index is 0.141. The summed E-state index contributed by atoms with van der Waals surface area (Å²) in [7, 11) is -2.44. The van der Waals surface area contributed by atoms with Gasteiger partial charge in [-0.25, -0.2) is 17.7 Å². The van der Waals surface area contributed by atoms with Gasteiger partial charge in [0.25, 0.3) is 0 Å². The molecular weight excluding hydrogens is 303 g/mol. The molecule has 0 aromatic heterocycles. The molecule has 0 aliphatic carbocycles. The predicted molar refractivity (Wildman–Crippen MR) is 76.5 cm³/mol. The van der Waals surface area contributed by atoms with E-state index in [1.807, 2.05) is 0 Å². The van der Waals surface area contributed by atoms with Crippen molar-refractivity contribution in [1.29, 1.82) is 0 Å². The van der Waals surface area contributed by atoms with E-state index in [1.54, 1.807) is 27.7 Å². The first-order valence-corrected chi connectivity index (χ1v) is 8.28. The van der Waals surface area contributed by atoms with Gasteiger partial charge in [-0.3, -0.25) is 0 Å². The Bertz CT molecular complexity index is 568. The SMILES string of the molecule is COOSc1ccc(S(=O)(=O)C(C)(C)C(C)C)c(F)c1. The summed E-state index contributed by atoms with van der Waals surface area (Å²) in [5.74, 6) is -0.929. The molecule has 0 spiro atoms. The van der Waals surface area contributed by atoms with Crippen molar-refractivity contribution in [2.24, 2.45) is 5.92 Å². The van der Waals surface area contributed by atoms with Crippen molar-refractivity contribution in [3.63, 3.8) is 0 Å². The van der Waals surface area contributed by atoms with E-state index >= 15 is 0 Å². The van der Waals surface area contributed by atoms with Crippen molar-refractivity contribution in [2.75, 3.05) is 7.11 Å². The molecule has 0 bridgehead atoms. The highest BCUT2D eigenvalue weighted by atomic mass is 32.2. The molecular formula is C13H19FO4S2. The topological polar surface area (TPSA) is 52.6 Å². The molecule has 0 saturated carbocycles. The van der Waals surface area contributed by atoms with E-state index in [-0.39, 0.29) is 10.8 Å². The van der Waals surface area contributed by atoms with Gasteiger partial charge in [-0.2, -0.15) is 4.33 Å². The number of halogens is 1. The zero-order chi connectivity index (χ0) is 15.6. The van der Waals surface area contributed by atoms with Gasteiger partial charge in [0.2, 0.25) is 0 Å². The Morgan fingerprint density at radius 3 is 2.35 bits per heavy atom. The summed E-state index contributed by atoms with van der Waals surface area (Å²) in [6.07, 6.45) is 0. The summed E-state index contributed by atoms with van der Waals surface area (Å²) in [5, 5.41) is 0. The molecule has 0 heterocycles. The first kappa shape index (κ1) is 17.4. The lowest BCUT2D eigenvalue weighted by molar-refractivity contribution is -0.160. The quantitative estimate of drug-likeness (QED) is 0.455. The molecule has 7 heteroatoms. The Labute approximate surface area is 123 Å². The third-order valence-electron chi connectivity index (χ3n) is 3.47. The van der Waals surface area contributed by atoms with Gasteiger partial charge in [0.1, 0.15) is 10.7 Å². The van der Waals surface area contributed by atoms with Crippen molar-refractivity contribution in [3.8, 4) is 0 Å². The Kier molecular flexibility index (Phi) is 5.60. The van der Waals surface area contributed by atoms with Gasteiger partial charge in [0.05, 0.1) is 23.9 Å². The maximum absolute atomic E-state index is 14.1. The molecule has 0 N–H and O–H groups in total. The smallest absolute Gasteiger partial charge is 0.186 e. The molecule has 0 unspecified atom stereocenters. The van der Waals surface area contributed by atoms with Crippen LogP contribution in [0.2, 0.25) is 0 Å². The Morgan fingerprint density at radius 1 is 1.30 bits per heavy atom. The van der Waals surface area contributed by atoms with Crippen LogP contribution in [0.4, 0.5) is 4.39 Å². The number of sulfone groups is 1. The maximum Gasteiger partial charge on any atom is 0.186 e. The van der Waals surface area contributed by atoms with Gasteiger partial charge < -0.3 is 0 Å². The van der Waals surface area contributed by atoms with Crippen molar-refractivity contribution in [3.05, 3.63) is 24.0 Å². The molecule has 0 amide bonds. The largest absolute Gasteiger partial charge is 0.227 e. The first-order chi connectivity index (χ1) is 9.14. The van der Waals surface area contributed by atoms with Crippen LogP contribution in [0, 0.1) is 11.7 Å². The molecule has 0 atom stereocenters. The average Bonchev–Trinajstić information content (AvgIpc) is 2.35. The van der Waals surface area contributed by atoms with Crippen LogP contribution in [-0.4, -0.2) is 20.3 Å². The van der Waals surface area contributed by atoms with E-state index in [2.05, 4.69) is 9.22 Å². The molecule has 0 aliphatic heterocycles. The molecule has 114 valence electrons. The van der Waals surface area contributed by atoms with E-state index in [4.69, 9.17) is 0 Å². The number of hydrogen-bond donors (Lipinski definition) is 0. The molecule has 0 saturated heterocycles. The molecule has 1 aromatic rings. The second-order valence-corrected chi connectivity index (χ2v) is 8.44. The monoisotopic (exact) mass is 322 g/mol. The van der Waals surface area contributed by atoms with Crippen LogP contribution in [0.3, 0.4) is 0 Å². The van der Waals surface area contributed by atoms with Gasteiger partial charge in [-0.15, -0.1) is 0 Å². The van der Waals surface area contributed by atoms with Crippen molar-refractivity contribution >= 4 is 21.9 Å². The van der Waals surface area contributed by atoms with Gasteiger partial charge in [0.15, 0.2) is 9.84 Å². The number of rotatable bonds is 6. The van der Waals surface area contributed by atoms with Gasteiger partial charge >= 0.3 is 0 Å². The minimum Gasteiger partial charge on any atom is -0.227 e. The lowest BCUT2D eigenvalue weighted by atomic mass is 10.00. The second kappa shape index (κ2) is 6.43. The summed E-state index contributed by atoms with van der Waals surface area (Å²) < 4.78 is 42.7. The molecule has 1 aromatic carbocycles. The van der Waals surface area contributed by atoms with Crippen LogP contribution in [0.1, 0.15) is 27.7 Å². The van der Waals surface area contributed by atoms with E-state index in [1.165, 1.54) is 19.2 Å². The molecule has 0 fully saturated rings. The zero-order valence-corrected chi connectivity index (χ0v) is 13.8. The lowest BCUT2D eigenvalue weighted by Crippen LogP contribution is -2.37. The summed E-state index contributed by atoms with van der Waals surface area (Å²) >= 11 is 0.811. The van der Waals surface area contributed by atoms with Crippen LogP contribution in [0.5, 0.6) is 0 Å². The van der Waals surface area contributed by atoms with Crippen LogP contribution in [0.15, 0.2) is 28.0 Å². The highest BCUT2D eigenvalue weighted by Crippen LogP contribution is 2.34. The van der Waals surface area contributed by atoms with Crippen LogP contribution >= 0.6 is 12.0 Å². The summed E-state index contributed by atoms with van der Waals surface area (Å²) in [6.45, 7) is 6.80. The number of hydrogen-bond acceptors (Lipinski definition) is 5. The third kappa shape index (κ3) is 3.33. The fourth-order valence-corrected chi connectivity index (χ4v) is 3.59. The normalized spacial score (nSPS) is 12.9. The Hall–Kier alpha value is -0.630. The highest BCUT2D eigenvalue weighted by Gasteiger charge is 2.40. The third-order valence-corrected chi connectivity index (χ3v) is 6.89. The van der Waals surface area contributed by atoms with E-state index in [0.29, 0.717) is 4.90 Å². The summed E-state index contributed by atoms with van der Waals surface area (Å²) in [4.78, 5) is 4.52. The molecule has 0 aliphatic rings. The molecule has 1 rings (SSSR count). The Morgan fingerprint density at radius 2 is 1.90 bits per heavy atom. The van der Waals surface area contributed by atoms with Gasteiger partial charge in [-0.05, 0) is 38.0 Å².